The van der Waals surface area contributed by atoms with Crippen molar-refractivity contribution >= 4 is 11.7 Å². The Balaban J connectivity index is 1.20. The van der Waals surface area contributed by atoms with Crippen LogP contribution in [0.15, 0.2) is 36.4 Å². The number of hydrogen-bond donors (Lipinski definition) is 2. The van der Waals surface area contributed by atoms with E-state index in [9.17, 15) is 31.9 Å². The minimum absolute atomic E-state index is 0.0633. The van der Waals surface area contributed by atoms with Gasteiger partial charge in [-0.1, -0.05) is 6.07 Å². The van der Waals surface area contributed by atoms with Crippen LogP contribution in [-0.4, -0.2) is 32.8 Å². The fourth-order valence-corrected chi connectivity index (χ4v) is 6.85. The maximum atomic E-state index is 15.3. The van der Waals surface area contributed by atoms with Crippen LogP contribution in [0.2, 0.25) is 0 Å². The summed E-state index contributed by atoms with van der Waals surface area (Å²) in [5.41, 5.74) is -2.00. The Hall–Kier alpha value is -3.94. The van der Waals surface area contributed by atoms with Gasteiger partial charge in [0.15, 0.2) is 17.2 Å². The number of ether oxygens (including phenoxy) is 3. The number of benzene rings is 2. The molecule has 5 aliphatic rings. The second-order valence-electron chi connectivity index (χ2n) is 11.8. The van der Waals surface area contributed by atoms with E-state index in [1.54, 1.807) is 13.0 Å². The molecule has 228 valence electrons. The molecule has 8 nitrogen and oxygen atoms in total. The van der Waals surface area contributed by atoms with Crippen LogP contribution >= 0.6 is 0 Å². The van der Waals surface area contributed by atoms with E-state index in [0.717, 1.165) is 10.7 Å². The molecule has 1 aromatic heterocycles. The zero-order valence-electron chi connectivity index (χ0n) is 22.6. The minimum atomic E-state index is -4.79. The number of halogens is 6. The van der Waals surface area contributed by atoms with Gasteiger partial charge in [-0.05, 0) is 81.3 Å². The summed E-state index contributed by atoms with van der Waals surface area (Å²) in [5.74, 6) is -2.00. The molecule has 3 aromatic rings. The molecule has 4 aliphatic carbocycles. The van der Waals surface area contributed by atoms with Crippen molar-refractivity contribution in [2.24, 2.45) is 5.41 Å². The van der Waals surface area contributed by atoms with Crippen LogP contribution in [0.4, 0.5) is 32.0 Å². The highest BCUT2D eigenvalue weighted by molar-refractivity contribution is 5.80. The molecule has 2 atom stereocenters. The molecule has 0 saturated heterocycles. The standard InChI is InChI=1S/C29H25F6N3O5/c1-14(15-5-8-20-22(9-15)43-29(34,35)42-20)36-16-6-7-18(30)19(10-16)38-23-17(24(37-38)28(31,32)33)3-2-4-21(23)41-27-11-26(12-27,13-27)25(39)40/h5-10,14,21,36H,2-4,11-13H2,1H3,(H,39,40)/t14-,21-,26?,27?/m0/s1. The highest BCUT2D eigenvalue weighted by Gasteiger charge is 2.73. The van der Waals surface area contributed by atoms with Crippen LogP contribution in [-0.2, 0) is 22.1 Å². The first-order valence-corrected chi connectivity index (χ1v) is 13.7. The number of fused-ring (bicyclic) bond motifs is 2. The molecule has 3 saturated carbocycles. The van der Waals surface area contributed by atoms with Crippen molar-refractivity contribution in [2.75, 3.05) is 5.32 Å². The quantitative estimate of drug-likeness (QED) is 0.281. The van der Waals surface area contributed by atoms with Gasteiger partial charge in [0, 0.05) is 17.3 Å². The van der Waals surface area contributed by atoms with E-state index in [0.29, 0.717) is 24.1 Å². The van der Waals surface area contributed by atoms with Crippen LogP contribution in [0.3, 0.4) is 0 Å². The van der Waals surface area contributed by atoms with Crippen LogP contribution < -0.4 is 14.8 Å². The van der Waals surface area contributed by atoms with Crippen molar-refractivity contribution in [3.05, 3.63) is 64.7 Å². The van der Waals surface area contributed by atoms with E-state index in [1.165, 1.54) is 24.3 Å². The lowest BCUT2D eigenvalue weighted by atomic mass is 9.41. The number of aliphatic carboxylic acids is 1. The third-order valence-corrected chi connectivity index (χ3v) is 8.80. The van der Waals surface area contributed by atoms with Gasteiger partial charge < -0.3 is 24.6 Å². The molecule has 2 N–H and O–H groups in total. The molecule has 3 fully saturated rings. The molecule has 43 heavy (non-hydrogen) atoms. The zero-order valence-corrected chi connectivity index (χ0v) is 22.6. The summed E-state index contributed by atoms with van der Waals surface area (Å²) in [6.45, 7) is 1.72. The van der Waals surface area contributed by atoms with Crippen molar-refractivity contribution in [3.8, 4) is 17.2 Å². The van der Waals surface area contributed by atoms with Gasteiger partial charge in [-0.3, -0.25) is 4.79 Å². The van der Waals surface area contributed by atoms with E-state index < -0.39 is 53.1 Å². The lowest BCUT2D eigenvalue weighted by molar-refractivity contribution is -0.300. The van der Waals surface area contributed by atoms with Crippen LogP contribution in [0, 0.1) is 11.2 Å². The molecule has 2 bridgehead atoms. The van der Waals surface area contributed by atoms with Crippen molar-refractivity contribution in [2.45, 2.75) is 75.7 Å². The smallest absolute Gasteiger partial charge is 0.481 e. The summed E-state index contributed by atoms with van der Waals surface area (Å²) in [5, 5.41) is 16.4. The predicted molar refractivity (Wildman–Crippen MR) is 137 cm³/mol. The van der Waals surface area contributed by atoms with E-state index in [-0.39, 0.29) is 54.1 Å². The number of anilines is 1. The number of rotatable bonds is 7. The summed E-state index contributed by atoms with van der Waals surface area (Å²) in [6.07, 6.45) is -7.71. The summed E-state index contributed by atoms with van der Waals surface area (Å²) < 4.78 is 101. The first kappa shape index (κ1) is 27.9. The van der Waals surface area contributed by atoms with E-state index in [2.05, 4.69) is 19.9 Å². The maximum absolute atomic E-state index is 15.3. The summed E-state index contributed by atoms with van der Waals surface area (Å²) >= 11 is 0. The van der Waals surface area contributed by atoms with E-state index in [1.807, 2.05) is 0 Å². The second kappa shape index (κ2) is 9.04. The van der Waals surface area contributed by atoms with Crippen LogP contribution in [0.1, 0.15) is 73.7 Å². The van der Waals surface area contributed by atoms with Gasteiger partial charge >= 0.3 is 18.4 Å². The monoisotopic (exact) mass is 609 g/mol. The lowest BCUT2D eigenvalue weighted by Gasteiger charge is -2.67. The number of carboxylic acid groups (broad SMARTS) is 1. The molecule has 2 aromatic carbocycles. The van der Waals surface area contributed by atoms with Crippen LogP contribution in [0.5, 0.6) is 11.5 Å². The molecule has 14 heteroatoms. The molecule has 0 unspecified atom stereocenters. The molecular weight excluding hydrogens is 584 g/mol. The third-order valence-electron chi connectivity index (χ3n) is 8.80. The van der Waals surface area contributed by atoms with Gasteiger partial charge in [0.05, 0.1) is 16.7 Å². The Morgan fingerprint density at radius 2 is 1.86 bits per heavy atom. The molecular formula is C29H25F6N3O5. The van der Waals surface area contributed by atoms with Gasteiger partial charge in [-0.15, -0.1) is 8.78 Å². The average molecular weight is 610 g/mol. The highest BCUT2D eigenvalue weighted by Crippen LogP contribution is 2.70. The summed E-state index contributed by atoms with van der Waals surface area (Å²) in [4.78, 5) is 11.6. The topological polar surface area (TPSA) is 94.8 Å². The number of alkyl halides is 5. The molecule has 0 radical (unpaired) electrons. The summed E-state index contributed by atoms with van der Waals surface area (Å²) in [6, 6.07) is 7.57. The first-order valence-electron chi connectivity index (χ1n) is 13.7. The normalized spacial score (nSPS) is 27.1. The second-order valence-corrected chi connectivity index (χ2v) is 11.8. The summed E-state index contributed by atoms with van der Waals surface area (Å²) in [7, 11) is 0. The molecule has 0 spiro atoms. The Labute approximate surface area is 240 Å². The van der Waals surface area contributed by atoms with Gasteiger partial charge in [0.1, 0.15) is 17.6 Å². The van der Waals surface area contributed by atoms with E-state index >= 15 is 4.39 Å². The fourth-order valence-electron chi connectivity index (χ4n) is 6.85. The zero-order chi connectivity index (χ0) is 30.5. The maximum Gasteiger partial charge on any atom is 0.586 e. The van der Waals surface area contributed by atoms with Crippen molar-refractivity contribution in [3.63, 3.8) is 0 Å². The Bertz CT molecular complexity index is 1630. The number of nitrogens with one attached hydrogen (secondary N) is 1. The minimum Gasteiger partial charge on any atom is -0.481 e. The van der Waals surface area contributed by atoms with Gasteiger partial charge in [-0.2, -0.15) is 18.3 Å². The highest BCUT2D eigenvalue weighted by atomic mass is 19.4. The SMILES string of the molecule is C[C@H](Nc1ccc(F)c(-n2nc(C(F)(F)F)c3c2[C@@H](OC24CC(C(=O)O)(C2)C4)CCC3)c1)c1ccc2c(c1)OC(F)(F)O2. The number of aromatic nitrogens is 2. The average Bonchev–Trinajstić information content (AvgIpc) is 3.42. The molecule has 0 amide bonds. The number of carbonyl (C=O) groups is 1. The predicted octanol–water partition coefficient (Wildman–Crippen LogP) is 6.93. The molecule has 1 aliphatic heterocycles. The number of carboxylic acids is 1. The Kier molecular flexibility index (Phi) is 5.86. The Morgan fingerprint density at radius 1 is 1.14 bits per heavy atom. The number of nitrogens with zero attached hydrogens (tertiary/aromatic N) is 2. The van der Waals surface area contributed by atoms with Crippen LogP contribution in [0.25, 0.3) is 5.69 Å². The third kappa shape index (κ3) is 4.48. The first-order chi connectivity index (χ1) is 20.2. The van der Waals surface area contributed by atoms with Gasteiger partial charge in [0.2, 0.25) is 0 Å². The van der Waals surface area contributed by atoms with E-state index in [4.69, 9.17) is 4.74 Å². The molecule has 8 rings (SSSR count). The van der Waals surface area contributed by atoms with Gasteiger partial charge in [-0.25, -0.2) is 9.07 Å². The fraction of sp³-hybridized carbons (Fsp3) is 0.448. The van der Waals surface area contributed by atoms with Crippen molar-refractivity contribution in [1.29, 1.82) is 0 Å². The number of hydrogen-bond acceptors (Lipinski definition) is 6. The largest absolute Gasteiger partial charge is 0.586 e. The molecule has 2 heterocycles. The van der Waals surface area contributed by atoms with Crippen molar-refractivity contribution in [1.82, 2.24) is 9.78 Å². The van der Waals surface area contributed by atoms with Crippen molar-refractivity contribution < 1.29 is 50.5 Å². The van der Waals surface area contributed by atoms with Gasteiger partial charge in [0.25, 0.3) is 0 Å². The Morgan fingerprint density at radius 3 is 2.56 bits per heavy atom. The lowest BCUT2D eigenvalue weighted by Crippen LogP contribution is -2.71.